The maximum atomic E-state index is 9.90. The molecule has 0 atom stereocenters. The smallest absolute Gasteiger partial charge is 0.119 e. The van der Waals surface area contributed by atoms with E-state index in [-0.39, 0.29) is 6.61 Å². The number of benzene rings is 2. The number of hydrogen-bond donors (Lipinski definition) is 2. The summed E-state index contributed by atoms with van der Waals surface area (Å²) >= 11 is 0. The van der Waals surface area contributed by atoms with Gasteiger partial charge in [0, 0.05) is 12.2 Å². The van der Waals surface area contributed by atoms with Crippen LogP contribution in [0.3, 0.4) is 0 Å². The quantitative estimate of drug-likeness (QED) is 0.844. The van der Waals surface area contributed by atoms with Crippen LogP contribution in [0.4, 0.5) is 0 Å². The Balaban J connectivity index is 2.43. The fourth-order valence-corrected chi connectivity index (χ4v) is 1.98. The Morgan fingerprint density at radius 1 is 0.882 bits per heavy atom. The average molecular weight is 228 g/mol. The van der Waals surface area contributed by atoms with Crippen LogP contribution in [-0.2, 0) is 6.42 Å². The van der Waals surface area contributed by atoms with E-state index in [0.29, 0.717) is 18.6 Å². The van der Waals surface area contributed by atoms with Crippen LogP contribution in [0.25, 0.3) is 11.1 Å². The highest BCUT2D eigenvalue weighted by Gasteiger charge is 2.08. The van der Waals surface area contributed by atoms with Crippen LogP contribution in [-0.4, -0.2) is 16.8 Å². The van der Waals surface area contributed by atoms with Crippen LogP contribution in [0.5, 0.6) is 5.75 Å². The molecule has 0 bridgehead atoms. The van der Waals surface area contributed by atoms with Gasteiger partial charge in [-0.2, -0.15) is 0 Å². The molecule has 0 unspecified atom stereocenters. The van der Waals surface area contributed by atoms with Crippen LogP contribution in [0.15, 0.2) is 48.5 Å². The van der Waals surface area contributed by atoms with Gasteiger partial charge in [-0.3, -0.25) is 0 Å². The largest absolute Gasteiger partial charge is 0.508 e. The van der Waals surface area contributed by atoms with Gasteiger partial charge in [0.05, 0.1) is 0 Å². The van der Waals surface area contributed by atoms with Crippen molar-refractivity contribution in [1.29, 1.82) is 0 Å². The Labute approximate surface area is 101 Å². The highest BCUT2D eigenvalue weighted by atomic mass is 16.3. The fourth-order valence-electron chi connectivity index (χ4n) is 1.98. The van der Waals surface area contributed by atoms with E-state index in [9.17, 15) is 5.11 Å². The van der Waals surface area contributed by atoms with Crippen LogP contribution < -0.4 is 0 Å². The van der Waals surface area contributed by atoms with E-state index in [1.54, 1.807) is 6.07 Å². The van der Waals surface area contributed by atoms with Gasteiger partial charge in [0.25, 0.3) is 0 Å². The Bertz CT molecular complexity index is 478. The van der Waals surface area contributed by atoms with Crippen molar-refractivity contribution in [2.45, 2.75) is 12.8 Å². The first kappa shape index (κ1) is 11.7. The number of rotatable bonds is 4. The Morgan fingerprint density at radius 3 is 2.35 bits per heavy atom. The third-order valence-electron chi connectivity index (χ3n) is 2.82. The molecule has 0 aliphatic heterocycles. The molecule has 0 aromatic heterocycles. The van der Waals surface area contributed by atoms with Gasteiger partial charge in [-0.15, -0.1) is 0 Å². The molecule has 0 saturated carbocycles. The monoisotopic (exact) mass is 228 g/mol. The van der Waals surface area contributed by atoms with Gasteiger partial charge in [0.15, 0.2) is 0 Å². The van der Waals surface area contributed by atoms with Gasteiger partial charge in [-0.25, -0.2) is 0 Å². The normalized spacial score (nSPS) is 10.4. The number of aromatic hydroxyl groups is 1. The Kier molecular flexibility index (Phi) is 3.78. The lowest BCUT2D eigenvalue weighted by atomic mass is 9.96. The van der Waals surface area contributed by atoms with Crippen molar-refractivity contribution in [3.63, 3.8) is 0 Å². The summed E-state index contributed by atoms with van der Waals surface area (Å²) < 4.78 is 0. The van der Waals surface area contributed by atoms with Gasteiger partial charge in [0.1, 0.15) is 5.75 Å². The summed E-state index contributed by atoms with van der Waals surface area (Å²) in [5, 5.41) is 18.8. The Morgan fingerprint density at radius 2 is 1.65 bits per heavy atom. The van der Waals surface area contributed by atoms with Gasteiger partial charge in [-0.1, -0.05) is 42.5 Å². The molecule has 0 spiro atoms. The highest BCUT2D eigenvalue weighted by Crippen LogP contribution is 2.30. The van der Waals surface area contributed by atoms with E-state index < -0.39 is 0 Å². The number of phenolic OH excluding ortho intramolecular Hbond substituents is 1. The second-order valence-corrected chi connectivity index (χ2v) is 4.00. The molecule has 88 valence electrons. The van der Waals surface area contributed by atoms with Crippen molar-refractivity contribution in [3.8, 4) is 16.9 Å². The average Bonchev–Trinajstić information content (AvgIpc) is 2.38. The predicted octanol–water partition coefficient (Wildman–Crippen LogP) is 2.98. The molecule has 0 heterocycles. The number of aliphatic hydroxyl groups is 1. The summed E-state index contributed by atoms with van der Waals surface area (Å²) in [6, 6.07) is 15.5. The molecule has 0 saturated heterocycles. The van der Waals surface area contributed by atoms with Gasteiger partial charge in [-0.05, 0) is 30.0 Å². The van der Waals surface area contributed by atoms with Crippen LogP contribution in [0.1, 0.15) is 12.0 Å². The van der Waals surface area contributed by atoms with E-state index in [4.69, 9.17) is 5.11 Å². The molecule has 2 heteroatoms. The second kappa shape index (κ2) is 5.51. The van der Waals surface area contributed by atoms with Crippen LogP contribution >= 0.6 is 0 Å². The lowest BCUT2D eigenvalue weighted by molar-refractivity contribution is 0.288. The SMILES string of the molecule is OCCCc1c(O)cccc1-c1ccccc1. The van der Waals surface area contributed by atoms with E-state index >= 15 is 0 Å². The molecular weight excluding hydrogens is 212 g/mol. The molecule has 0 fully saturated rings. The first-order valence-corrected chi connectivity index (χ1v) is 5.80. The lowest BCUT2D eigenvalue weighted by Crippen LogP contribution is -1.93. The summed E-state index contributed by atoms with van der Waals surface area (Å²) in [6.07, 6.45) is 1.35. The zero-order valence-corrected chi connectivity index (χ0v) is 9.63. The minimum Gasteiger partial charge on any atom is -0.508 e. The first-order chi connectivity index (χ1) is 8.33. The summed E-state index contributed by atoms with van der Waals surface area (Å²) in [5.74, 6) is 0.305. The zero-order valence-electron chi connectivity index (χ0n) is 9.63. The molecule has 0 aliphatic rings. The van der Waals surface area contributed by atoms with E-state index in [2.05, 4.69) is 0 Å². The number of aliphatic hydroxyl groups excluding tert-OH is 1. The van der Waals surface area contributed by atoms with Gasteiger partial charge in [0.2, 0.25) is 0 Å². The van der Waals surface area contributed by atoms with Crippen molar-refractivity contribution >= 4 is 0 Å². The first-order valence-electron chi connectivity index (χ1n) is 5.80. The maximum absolute atomic E-state index is 9.90. The summed E-state index contributed by atoms with van der Waals surface area (Å²) in [4.78, 5) is 0. The second-order valence-electron chi connectivity index (χ2n) is 4.00. The molecule has 2 N–H and O–H groups in total. The molecule has 0 radical (unpaired) electrons. The van der Waals surface area contributed by atoms with E-state index in [1.807, 2.05) is 42.5 Å². The van der Waals surface area contributed by atoms with E-state index in [1.165, 1.54) is 0 Å². The standard InChI is InChI=1S/C15H16O2/c16-11-5-9-14-13(8-4-10-15(14)17)12-6-2-1-3-7-12/h1-4,6-8,10,16-17H,5,9,11H2. The van der Waals surface area contributed by atoms with Gasteiger partial charge >= 0.3 is 0 Å². The van der Waals surface area contributed by atoms with E-state index in [0.717, 1.165) is 16.7 Å². The topological polar surface area (TPSA) is 40.5 Å². The van der Waals surface area contributed by atoms with Crippen molar-refractivity contribution in [1.82, 2.24) is 0 Å². The van der Waals surface area contributed by atoms with Crippen molar-refractivity contribution < 1.29 is 10.2 Å². The maximum Gasteiger partial charge on any atom is 0.119 e. The molecule has 2 nitrogen and oxygen atoms in total. The summed E-state index contributed by atoms with van der Waals surface area (Å²) in [6.45, 7) is 0.141. The van der Waals surface area contributed by atoms with Crippen molar-refractivity contribution in [2.75, 3.05) is 6.61 Å². The third-order valence-corrected chi connectivity index (χ3v) is 2.82. The number of hydrogen-bond acceptors (Lipinski definition) is 2. The molecule has 0 amide bonds. The molecular formula is C15H16O2. The van der Waals surface area contributed by atoms with Crippen molar-refractivity contribution in [2.24, 2.45) is 0 Å². The molecule has 17 heavy (non-hydrogen) atoms. The zero-order chi connectivity index (χ0) is 12.1. The molecule has 0 aliphatic carbocycles. The summed E-state index contributed by atoms with van der Waals surface area (Å²) in [7, 11) is 0. The molecule has 2 aromatic carbocycles. The van der Waals surface area contributed by atoms with Crippen LogP contribution in [0.2, 0.25) is 0 Å². The minimum absolute atomic E-state index is 0.141. The molecule has 2 rings (SSSR count). The molecule has 2 aromatic rings. The van der Waals surface area contributed by atoms with Crippen LogP contribution in [0, 0.1) is 0 Å². The fraction of sp³-hybridized carbons (Fsp3) is 0.200. The minimum atomic E-state index is 0.141. The Hall–Kier alpha value is -1.80. The summed E-state index contributed by atoms with van der Waals surface area (Å²) in [5.41, 5.74) is 3.04. The number of phenols is 1. The third kappa shape index (κ3) is 2.66. The predicted molar refractivity (Wildman–Crippen MR) is 68.9 cm³/mol. The van der Waals surface area contributed by atoms with Gasteiger partial charge < -0.3 is 10.2 Å². The highest BCUT2D eigenvalue weighted by molar-refractivity contribution is 5.69. The lowest BCUT2D eigenvalue weighted by Gasteiger charge is -2.11. The van der Waals surface area contributed by atoms with Crippen molar-refractivity contribution in [3.05, 3.63) is 54.1 Å².